The molecule has 0 spiro atoms. The van der Waals surface area contributed by atoms with Crippen LogP contribution < -0.4 is 5.32 Å². The molecule has 0 aromatic carbocycles. The predicted octanol–water partition coefficient (Wildman–Crippen LogP) is 2.24. The quantitative estimate of drug-likeness (QED) is 0.441. The third-order valence-corrected chi connectivity index (χ3v) is 4.40. The van der Waals surface area contributed by atoms with E-state index in [1.807, 2.05) is 18.9 Å². The van der Waals surface area contributed by atoms with E-state index in [-0.39, 0.29) is 11.9 Å². The third-order valence-electron chi connectivity index (χ3n) is 3.38. The summed E-state index contributed by atoms with van der Waals surface area (Å²) in [6.45, 7) is 4.53. The number of piperidine rings is 1. The van der Waals surface area contributed by atoms with Crippen molar-refractivity contribution in [2.75, 3.05) is 26.7 Å². The minimum absolute atomic E-state index is 0.0645. The monoisotopic (exact) mass is 372 g/mol. The van der Waals surface area contributed by atoms with Crippen molar-refractivity contribution in [1.29, 1.82) is 0 Å². The molecule has 17 heavy (non-hydrogen) atoms. The maximum Gasteiger partial charge on any atom is 0.239 e. The highest BCUT2D eigenvalue weighted by Gasteiger charge is 2.24. The number of carbonyl (C=O) groups excluding carboxylic acids is 1. The van der Waals surface area contributed by atoms with Crippen molar-refractivity contribution >= 4 is 36.3 Å². The molecule has 1 fully saturated rings. The number of carbonyl (C=O) groups is 1. The molecule has 100 valence electrons. The molecule has 1 N–H and O–H groups in total. The molecule has 1 heterocycles. The van der Waals surface area contributed by atoms with Crippen LogP contribution in [-0.4, -0.2) is 43.6 Å². The highest BCUT2D eigenvalue weighted by atomic mass is 127. The van der Waals surface area contributed by atoms with E-state index in [0.29, 0.717) is 5.92 Å². The number of nitrogens with one attached hydrogen (secondary N) is 1. The van der Waals surface area contributed by atoms with E-state index in [1.54, 1.807) is 0 Å². The Hall–Kier alpha value is 0.470. The van der Waals surface area contributed by atoms with Crippen LogP contribution in [0, 0.1) is 5.92 Å². The van der Waals surface area contributed by atoms with Gasteiger partial charge in [0.15, 0.2) is 0 Å². The molecule has 0 aromatic heterocycles. The summed E-state index contributed by atoms with van der Waals surface area (Å²) in [6.07, 6.45) is 3.33. The number of rotatable bonds is 6. The maximum atomic E-state index is 11.9. The van der Waals surface area contributed by atoms with Crippen LogP contribution in [0.1, 0.15) is 26.2 Å². The first-order chi connectivity index (χ1) is 8.19. The summed E-state index contributed by atoms with van der Waals surface area (Å²) >= 11 is 2.14. The van der Waals surface area contributed by atoms with Crippen LogP contribution in [0.3, 0.4) is 0 Å². The van der Waals surface area contributed by atoms with Crippen LogP contribution in [0.15, 0.2) is 0 Å². The molecule has 1 saturated heterocycles. The molecule has 4 nitrogen and oxygen atoms in total. The Balaban J connectivity index is 2.23. The van der Waals surface area contributed by atoms with Crippen molar-refractivity contribution in [2.24, 2.45) is 5.92 Å². The van der Waals surface area contributed by atoms with Gasteiger partial charge < -0.3 is 14.4 Å². The van der Waals surface area contributed by atoms with Gasteiger partial charge >= 0.3 is 0 Å². The van der Waals surface area contributed by atoms with Crippen molar-refractivity contribution in [3.63, 3.8) is 0 Å². The molecule has 1 aliphatic rings. The standard InChI is InChI=1S/C11H21IN2O2S/c1-9(13-2)11(15)14-6-3-10(4-7-14)5-8-16-17-12/h9-10,13H,3-8H2,1-2H3/t9-/m0/s1. The fourth-order valence-electron chi connectivity index (χ4n) is 2.09. The van der Waals surface area contributed by atoms with E-state index in [9.17, 15) is 4.79 Å². The number of hydrogen-bond donors (Lipinski definition) is 1. The van der Waals surface area contributed by atoms with Crippen molar-refractivity contribution in [1.82, 2.24) is 10.2 Å². The van der Waals surface area contributed by atoms with Gasteiger partial charge in [0.1, 0.15) is 0 Å². The fourth-order valence-corrected chi connectivity index (χ4v) is 2.78. The van der Waals surface area contributed by atoms with Crippen LogP contribution in [0.25, 0.3) is 0 Å². The Morgan fingerprint density at radius 1 is 1.59 bits per heavy atom. The summed E-state index contributed by atoms with van der Waals surface area (Å²) in [4.78, 5) is 13.9. The van der Waals surface area contributed by atoms with Gasteiger partial charge in [-0.2, -0.15) is 0 Å². The molecule has 1 aliphatic heterocycles. The van der Waals surface area contributed by atoms with Crippen LogP contribution in [0.5, 0.6) is 0 Å². The maximum absolute atomic E-state index is 11.9. The first kappa shape index (κ1) is 15.5. The number of hydrogen-bond acceptors (Lipinski definition) is 4. The fraction of sp³-hybridized carbons (Fsp3) is 0.909. The second-order valence-electron chi connectivity index (χ2n) is 4.45. The number of amides is 1. The Kier molecular flexibility index (Phi) is 7.81. The lowest BCUT2D eigenvalue weighted by Crippen LogP contribution is -2.47. The summed E-state index contributed by atoms with van der Waals surface area (Å²) in [5, 5.41) is 3.00. The van der Waals surface area contributed by atoms with Gasteiger partial charge in [-0.05, 0) is 39.2 Å². The predicted molar refractivity (Wildman–Crippen MR) is 80.0 cm³/mol. The van der Waals surface area contributed by atoms with Gasteiger partial charge in [-0.15, -0.1) is 0 Å². The van der Waals surface area contributed by atoms with E-state index in [1.165, 1.54) is 9.21 Å². The zero-order chi connectivity index (χ0) is 12.7. The molecule has 1 rings (SSSR count). The zero-order valence-electron chi connectivity index (χ0n) is 10.4. The number of halogens is 1. The number of nitrogens with zero attached hydrogens (tertiary/aromatic N) is 1. The summed E-state index contributed by atoms with van der Waals surface area (Å²) in [7, 11) is 3.23. The zero-order valence-corrected chi connectivity index (χ0v) is 13.4. The minimum Gasteiger partial charge on any atom is -0.341 e. The number of likely N-dealkylation sites (N-methyl/N-ethyl adjacent to an activating group) is 1. The molecular formula is C11H21IN2O2S. The lowest BCUT2D eigenvalue weighted by atomic mass is 9.93. The summed E-state index contributed by atoms with van der Waals surface area (Å²) in [6, 6.07) is -0.0645. The Labute approximate surface area is 120 Å². The lowest BCUT2D eigenvalue weighted by Gasteiger charge is -2.33. The average molecular weight is 372 g/mol. The smallest absolute Gasteiger partial charge is 0.239 e. The summed E-state index contributed by atoms with van der Waals surface area (Å²) in [5.74, 6) is 0.942. The molecule has 0 radical (unpaired) electrons. The first-order valence-corrected chi connectivity index (χ1v) is 9.33. The second-order valence-corrected chi connectivity index (χ2v) is 5.89. The van der Waals surface area contributed by atoms with E-state index < -0.39 is 0 Å². The lowest BCUT2D eigenvalue weighted by molar-refractivity contribution is -0.134. The van der Waals surface area contributed by atoms with E-state index in [0.717, 1.165) is 39.0 Å². The molecule has 0 saturated carbocycles. The molecule has 6 heteroatoms. The van der Waals surface area contributed by atoms with Gasteiger partial charge in [0.25, 0.3) is 0 Å². The van der Waals surface area contributed by atoms with Gasteiger partial charge in [-0.3, -0.25) is 4.79 Å². The van der Waals surface area contributed by atoms with E-state index in [4.69, 9.17) is 4.18 Å². The van der Waals surface area contributed by atoms with Crippen molar-refractivity contribution < 1.29 is 8.98 Å². The molecule has 0 unspecified atom stereocenters. The summed E-state index contributed by atoms with van der Waals surface area (Å²) < 4.78 is 5.28. The van der Waals surface area contributed by atoms with Gasteiger partial charge in [-0.1, -0.05) is 0 Å². The average Bonchev–Trinajstić information content (AvgIpc) is 2.38. The van der Waals surface area contributed by atoms with Crippen molar-refractivity contribution in [3.8, 4) is 0 Å². The topological polar surface area (TPSA) is 41.6 Å². The van der Waals surface area contributed by atoms with Crippen LogP contribution >= 0.6 is 30.4 Å². The molecular weight excluding hydrogens is 351 g/mol. The molecule has 0 aliphatic carbocycles. The largest absolute Gasteiger partial charge is 0.341 e. The molecule has 0 aromatic rings. The van der Waals surface area contributed by atoms with E-state index in [2.05, 4.69) is 26.5 Å². The Morgan fingerprint density at radius 2 is 2.24 bits per heavy atom. The highest BCUT2D eigenvalue weighted by molar-refractivity contribution is 14.2. The SMILES string of the molecule is CN[C@@H](C)C(=O)N1CCC(CCOSI)CC1. The number of likely N-dealkylation sites (tertiary alicyclic amines) is 1. The van der Waals surface area contributed by atoms with Crippen molar-refractivity contribution in [2.45, 2.75) is 32.2 Å². The Bertz CT molecular complexity index is 236. The normalized spacial score (nSPS) is 19.4. The van der Waals surface area contributed by atoms with Gasteiger partial charge in [0.05, 0.1) is 21.9 Å². The van der Waals surface area contributed by atoms with Gasteiger partial charge in [-0.25, -0.2) is 0 Å². The van der Waals surface area contributed by atoms with E-state index >= 15 is 0 Å². The molecule has 1 atom stereocenters. The summed E-state index contributed by atoms with van der Waals surface area (Å²) in [5.41, 5.74) is 0. The first-order valence-electron chi connectivity index (χ1n) is 6.05. The van der Waals surface area contributed by atoms with Gasteiger partial charge in [0, 0.05) is 34.3 Å². The van der Waals surface area contributed by atoms with Crippen LogP contribution in [0.2, 0.25) is 0 Å². The molecule has 1 amide bonds. The van der Waals surface area contributed by atoms with Crippen LogP contribution in [0.4, 0.5) is 0 Å². The third kappa shape index (κ3) is 5.32. The Morgan fingerprint density at radius 3 is 2.76 bits per heavy atom. The van der Waals surface area contributed by atoms with Crippen molar-refractivity contribution in [3.05, 3.63) is 0 Å². The van der Waals surface area contributed by atoms with Crippen LogP contribution in [-0.2, 0) is 8.98 Å². The molecule has 0 bridgehead atoms. The second kappa shape index (κ2) is 8.55. The minimum atomic E-state index is -0.0645. The highest BCUT2D eigenvalue weighted by Crippen LogP contribution is 2.22. The van der Waals surface area contributed by atoms with Gasteiger partial charge in [0.2, 0.25) is 5.91 Å².